The maximum absolute atomic E-state index is 13.3. The van der Waals surface area contributed by atoms with Crippen molar-refractivity contribution < 1.29 is 36.2 Å². The van der Waals surface area contributed by atoms with Crippen LogP contribution in [0.3, 0.4) is 0 Å². The van der Waals surface area contributed by atoms with Gasteiger partial charge in [0.25, 0.3) is 5.91 Å². The third-order valence-electron chi connectivity index (χ3n) is 4.39. The Morgan fingerprint density at radius 2 is 1.81 bits per heavy atom. The van der Waals surface area contributed by atoms with Gasteiger partial charge in [-0.1, -0.05) is 11.6 Å². The first-order chi connectivity index (χ1) is 14.9. The van der Waals surface area contributed by atoms with Gasteiger partial charge in [0.05, 0.1) is 18.1 Å². The summed E-state index contributed by atoms with van der Waals surface area (Å²) in [6.45, 7) is 1.63. The summed E-state index contributed by atoms with van der Waals surface area (Å²) in [6, 6.07) is 2.66. The third-order valence-corrected chi connectivity index (χ3v) is 4.75. The molecule has 14 heteroatoms. The first kappa shape index (κ1) is 21.7. The molecular weight excluding hydrogens is 465 g/mol. The van der Waals surface area contributed by atoms with Crippen LogP contribution >= 0.6 is 11.6 Å². The minimum absolute atomic E-state index is 0.0884. The van der Waals surface area contributed by atoms with Gasteiger partial charge in [-0.25, -0.2) is 4.98 Å². The van der Waals surface area contributed by atoms with Gasteiger partial charge in [0.15, 0.2) is 23.0 Å². The van der Waals surface area contributed by atoms with E-state index in [9.17, 15) is 26.7 Å². The second kappa shape index (κ2) is 7.29. The van der Waals surface area contributed by atoms with E-state index >= 15 is 0 Å². The first-order valence-corrected chi connectivity index (χ1v) is 9.07. The molecule has 0 bridgehead atoms. The number of hydrogen-bond donors (Lipinski definition) is 1. The summed E-state index contributed by atoms with van der Waals surface area (Å²) in [6.07, 6.45) is -6.22. The normalized spacial score (nSPS) is 14.5. The summed E-state index contributed by atoms with van der Waals surface area (Å²) in [5, 5.41) is 4.66. The zero-order valence-electron chi connectivity index (χ0n) is 16.1. The lowest BCUT2D eigenvalue weighted by Crippen LogP contribution is -2.25. The molecule has 0 atom stereocenters. The molecule has 2 aromatic heterocycles. The number of carbonyl (C=O) groups is 1. The second-order valence-corrected chi connectivity index (χ2v) is 7.03. The number of nitrogens with one attached hydrogen (secondary N) is 1. The highest BCUT2D eigenvalue weighted by Crippen LogP contribution is 2.44. The van der Waals surface area contributed by atoms with Crippen LogP contribution in [0.5, 0.6) is 11.5 Å². The number of ether oxygens (including phenoxy) is 2. The minimum atomic E-state index is -4.83. The van der Waals surface area contributed by atoms with Crippen LogP contribution in [-0.2, 0) is 13.2 Å². The Kier molecular flexibility index (Phi) is 4.95. The number of rotatable bonds is 3. The predicted octanol–water partition coefficient (Wildman–Crippen LogP) is 4.43. The van der Waals surface area contributed by atoms with Gasteiger partial charge < -0.3 is 14.8 Å². The first-order valence-electron chi connectivity index (χ1n) is 8.69. The molecule has 32 heavy (non-hydrogen) atoms. The molecule has 8 nitrogen and oxygen atoms in total. The summed E-state index contributed by atoms with van der Waals surface area (Å²) >= 11 is 5.69. The number of fused-ring (bicyclic) bond motifs is 1. The van der Waals surface area contributed by atoms with E-state index in [1.807, 2.05) is 0 Å². The Labute approximate surface area is 180 Å². The maximum Gasteiger partial charge on any atom is 0.586 e. The van der Waals surface area contributed by atoms with Gasteiger partial charge >= 0.3 is 12.5 Å². The SMILES string of the molecule is Cc1cc2c(cc1-c1cnc(NC(=O)c3c(Cl)c(C(F)(F)F)nn3C)cn1)OC(F)(F)O2. The standard InChI is InChI=1S/C18H11ClF5N5O3/c1-7-3-10-11(32-18(23,24)31-10)4-8(7)9-5-26-12(6-25-9)27-16(30)14-13(19)15(17(20,21)22)28-29(14)2/h3-6H,1-2H3,(H,26,27,30). The van der Waals surface area contributed by atoms with Gasteiger partial charge in [0.2, 0.25) is 0 Å². The van der Waals surface area contributed by atoms with Crippen LogP contribution in [0.4, 0.5) is 27.8 Å². The Bertz CT molecular complexity index is 1230. The van der Waals surface area contributed by atoms with Crippen LogP contribution in [0.15, 0.2) is 24.5 Å². The predicted molar refractivity (Wildman–Crippen MR) is 99.6 cm³/mol. The fourth-order valence-corrected chi connectivity index (χ4v) is 3.36. The maximum atomic E-state index is 13.3. The van der Waals surface area contributed by atoms with E-state index in [4.69, 9.17) is 11.6 Å². The summed E-state index contributed by atoms with van der Waals surface area (Å²) in [5.74, 6) is -1.38. The topological polar surface area (TPSA) is 91.2 Å². The average Bonchev–Trinajstić information content (AvgIpc) is 3.15. The molecule has 0 saturated carbocycles. The molecule has 0 spiro atoms. The van der Waals surface area contributed by atoms with Crippen molar-refractivity contribution in [3.8, 4) is 22.8 Å². The highest BCUT2D eigenvalue weighted by atomic mass is 35.5. The number of aromatic nitrogens is 4. The molecule has 0 radical (unpaired) electrons. The summed E-state index contributed by atoms with van der Waals surface area (Å²) < 4.78 is 74.8. The molecule has 0 saturated heterocycles. The summed E-state index contributed by atoms with van der Waals surface area (Å²) in [5.41, 5.74) is -0.688. The van der Waals surface area contributed by atoms with Gasteiger partial charge in [-0.15, -0.1) is 8.78 Å². The molecule has 1 aliphatic heterocycles. The number of hydrogen-bond acceptors (Lipinski definition) is 6. The van der Waals surface area contributed by atoms with Gasteiger partial charge in [-0.2, -0.15) is 18.3 Å². The molecule has 0 fully saturated rings. The van der Waals surface area contributed by atoms with Gasteiger partial charge in [0, 0.05) is 12.6 Å². The van der Waals surface area contributed by atoms with Crippen molar-refractivity contribution in [3.63, 3.8) is 0 Å². The lowest BCUT2D eigenvalue weighted by atomic mass is 10.1. The molecule has 168 valence electrons. The van der Waals surface area contributed by atoms with E-state index in [0.29, 0.717) is 15.8 Å². The lowest BCUT2D eigenvalue weighted by Gasteiger charge is -2.08. The van der Waals surface area contributed by atoms with E-state index < -0.39 is 34.8 Å². The van der Waals surface area contributed by atoms with Crippen molar-refractivity contribution in [2.75, 3.05) is 5.32 Å². The number of carbonyl (C=O) groups excluding carboxylic acids is 1. The number of alkyl halides is 5. The molecule has 1 amide bonds. The molecule has 0 unspecified atom stereocenters. The van der Waals surface area contributed by atoms with Gasteiger partial charge in [-0.3, -0.25) is 14.5 Å². The average molecular weight is 476 g/mol. The third kappa shape index (κ3) is 3.90. The van der Waals surface area contributed by atoms with Crippen molar-refractivity contribution >= 4 is 23.3 Å². The summed E-state index contributed by atoms with van der Waals surface area (Å²) in [4.78, 5) is 20.5. The molecule has 1 aromatic carbocycles. The van der Waals surface area contributed by atoms with E-state index in [-0.39, 0.29) is 23.0 Å². The Hall–Kier alpha value is -3.48. The van der Waals surface area contributed by atoms with Gasteiger partial charge in [-0.05, 0) is 24.6 Å². The Balaban J connectivity index is 1.56. The number of benzene rings is 1. The van der Waals surface area contributed by atoms with Crippen LogP contribution < -0.4 is 14.8 Å². The van der Waals surface area contributed by atoms with E-state index in [0.717, 1.165) is 13.2 Å². The highest BCUT2D eigenvalue weighted by Gasteiger charge is 2.44. The largest absolute Gasteiger partial charge is 0.586 e. The van der Waals surface area contributed by atoms with E-state index in [1.54, 1.807) is 6.92 Å². The Morgan fingerprint density at radius 1 is 1.16 bits per heavy atom. The number of halogens is 6. The molecule has 4 rings (SSSR count). The molecule has 0 aliphatic carbocycles. The molecule has 3 aromatic rings. The number of anilines is 1. The fraction of sp³-hybridized carbons (Fsp3) is 0.222. The van der Waals surface area contributed by atoms with Crippen LogP contribution in [0.1, 0.15) is 21.7 Å². The monoisotopic (exact) mass is 475 g/mol. The molecule has 1 aliphatic rings. The summed E-state index contributed by atoms with van der Waals surface area (Å²) in [7, 11) is 1.14. The van der Waals surface area contributed by atoms with Crippen molar-refractivity contribution in [3.05, 3.63) is 46.5 Å². The Morgan fingerprint density at radius 3 is 2.38 bits per heavy atom. The van der Waals surface area contributed by atoms with Crippen molar-refractivity contribution in [2.24, 2.45) is 7.05 Å². The highest BCUT2D eigenvalue weighted by molar-refractivity contribution is 6.34. The van der Waals surface area contributed by atoms with Crippen LogP contribution in [0.25, 0.3) is 11.3 Å². The van der Waals surface area contributed by atoms with Crippen LogP contribution in [0.2, 0.25) is 5.02 Å². The zero-order chi connectivity index (χ0) is 23.4. The van der Waals surface area contributed by atoms with E-state index in [2.05, 4.69) is 29.9 Å². The van der Waals surface area contributed by atoms with E-state index in [1.165, 1.54) is 18.3 Å². The molecule has 3 heterocycles. The van der Waals surface area contributed by atoms with Crippen LogP contribution in [-0.4, -0.2) is 32.0 Å². The number of nitrogens with zero attached hydrogens (tertiary/aromatic N) is 4. The second-order valence-electron chi connectivity index (χ2n) is 6.65. The fourth-order valence-electron chi connectivity index (χ4n) is 3.01. The van der Waals surface area contributed by atoms with Gasteiger partial charge in [0.1, 0.15) is 10.7 Å². The minimum Gasteiger partial charge on any atom is -0.395 e. The smallest absolute Gasteiger partial charge is 0.395 e. The molecular formula is C18H11ClF5N5O3. The van der Waals surface area contributed by atoms with Crippen molar-refractivity contribution in [1.29, 1.82) is 0 Å². The number of aryl methyl sites for hydroxylation is 2. The quantitative estimate of drug-likeness (QED) is 0.564. The van der Waals surface area contributed by atoms with Crippen molar-refractivity contribution in [1.82, 2.24) is 19.7 Å². The zero-order valence-corrected chi connectivity index (χ0v) is 16.8. The van der Waals surface area contributed by atoms with Crippen LogP contribution in [0, 0.1) is 6.92 Å². The number of amides is 1. The van der Waals surface area contributed by atoms with Crippen molar-refractivity contribution in [2.45, 2.75) is 19.4 Å². The lowest BCUT2D eigenvalue weighted by molar-refractivity contribution is -0.286. The molecule has 1 N–H and O–H groups in total.